The topological polar surface area (TPSA) is 106 Å². The first-order valence-corrected chi connectivity index (χ1v) is 8.51. The van der Waals surface area contributed by atoms with Crippen LogP contribution >= 0.6 is 0 Å². The van der Waals surface area contributed by atoms with Gasteiger partial charge in [0.15, 0.2) is 14.9 Å². The van der Waals surface area contributed by atoms with Gasteiger partial charge < -0.3 is 5.73 Å². The van der Waals surface area contributed by atoms with Crippen LogP contribution in [-0.4, -0.2) is 28.2 Å². The van der Waals surface area contributed by atoms with Gasteiger partial charge in [-0.15, -0.1) is 0 Å². The molecule has 0 saturated heterocycles. The second-order valence-corrected chi connectivity index (χ2v) is 8.00. The highest BCUT2D eigenvalue weighted by molar-refractivity contribution is 8.08. The van der Waals surface area contributed by atoms with Crippen LogP contribution in [-0.2, 0) is 26.4 Å². The molecule has 0 unspecified atom stereocenters. The van der Waals surface area contributed by atoms with Crippen molar-refractivity contribution in [3.05, 3.63) is 29.6 Å². The zero-order valence-electron chi connectivity index (χ0n) is 9.55. The van der Waals surface area contributed by atoms with Gasteiger partial charge in [0.05, 0.1) is 0 Å². The normalized spacial score (nSPS) is 12.4. The second-order valence-electron chi connectivity index (χ2n) is 3.77. The Balaban J connectivity index is 2.98. The van der Waals surface area contributed by atoms with Gasteiger partial charge in [0, 0.05) is 24.1 Å². The number of anilines is 1. The predicted octanol–water partition coefficient (Wildman–Crippen LogP) is 0.0282. The third-order valence-electron chi connectivity index (χ3n) is 1.91. The molecule has 6 nitrogen and oxygen atoms in total. The molecule has 0 amide bonds. The molecule has 1 aromatic rings. The van der Waals surface area contributed by atoms with Crippen molar-refractivity contribution in [3.63, 3.8) is 0 Å². The van der Waals surface area contributed by atoms with Crippen molar-refractivity contribution >= 4 is 25.5 Å². The predicted molar refractivity (Wildman–Crippen MR) is 66.5 cm³/mol. The summed E-state index contributed by atoms with van der Waals surface area (Å²) in [6.45, 7) is -0.0898. The fourth-order valence-electron chi connectivity index (χ4n) is 1.29. The number of benzene rings is 1. The second kappa shape index (κ2) is 5.21. The summed E-state index contributed by atoms with van der Waals surface area (Å²) in [4.78, 5) is 0. The van der Waals surface area contributed by atoms with Gasteiger partial charge in [-0.2, -0.15) is 0 Å². The molecule has 1 aromatic carbocycles. The van der Waals surface area contributed by atoms with Crippen LogP contribution in [0.25, 0.3) is 0 Å². The van der Waals surface area contributed by atoms with E-state index in [-0.39, 0.29) is 17.8 Å². The van der Waals surface area contributed by atoms with Crippen LogP contribution in [0, 0.1) is 5.82 Å². The quantitative estimate of drug-likeness (QED) is 0.797. The SMILES string of the molecule is CS(=O)(=O)CS(=O)(=O)Nc1ccc(F)c(CN)c1. The molecule has 0 spiro atoms. The van der Waals surface area contributed by atoms with Crippen molar-refractivity contribution in [3.8, 4) is 0 Å². The summed E-state index contributed by atoms with van der Waals surface area (Å²) in [6.07, 6.45) is 0.808. The Morgan fingerprint density at radius 1 is 1.28 bits per heavy atom. The van der Waals surface area contributed by atoms with E-state index in [9.17, 15) is 21.2 Å². The van der Waals surface area contributed by atoms with E-state index in [1.807, 2.05) is 4.72 Å². The lowest BCUT2D eigenvalue weighted by Crippen LogP contribution is -2.22. The summed E-state index contributed by atoms with van der Waals surface area (Å²) in [5.41, 5.74) is 5.48. The largest absolute Gasteiger partial charge is 0.326 e. The van der Waals surface area contributed by atoms with Crippen LogP contribution in [0.2, 0.25) is 0 Å². The highest BCUT2D eigenvalue weighted by atomic mass is 32.3. The number of hydrogen-bond donors (Lipinski definition) is 2. The standard InChI is InChI=1S/C9H13FN2O4S2/c1-17(13,14)6-18(15,16)12-8-2-3-9(10)7(4-8)5-11/h2-4,12H,5-6,11H2,1H3. The van der Waals surface area contributed by atoms with Crippen molar-refractivity contribution in [2.75, 3.05) is 16.1 Å². The lowest BCUT2D eigenvalue weighted by Gasteiger charge is -2.08. The van der Waals surface area contributed by atoms with Gasteiger partial charge >= 0.3 is 0 Å². The molecule has 0 atom stereocenters. The Hall–Kier alpha value is -1.19. The van der Waals surface area contributed by atoms with E-state index in [0.717, 1.165) is 12.3 Å². The molecule has 0 fully saturated rings. The minimum atomic E-state index is -4.03. The molecule has 0 bridgehead atoms. The Labute approximate surface area is 105 Å². The minimum absolute atomic E-state index is 0.0699. The highest BCUT2D eigenvalue weighted by Gasteiger charge is 2.18. The number of sulfonamides is 1. The lowest BCUT2D eigenvalue weighted by molar-refractivity contribution is 0.594. The first-order chi connectivity index (χ1) is 8.13. The molecule has 0 aromatic heterocycles. The zero-order chi connectivity index (χ0) is 14.0. The van der Waals surface area contributed by atoms with E-state index in [4.69, 9.17) is 5.73 Å². The van der Waals surface area contributed by atoms with Gasteiger partial charge in [-0.25, -0.2) is 21.2 Å². The Morgan fingerprint density at radius 2 is 1.89 bits per heavy atom. The summed E-state index contributed by atoms with van der Waals surface area (Å²) < 4.78 is 60.0. The van der Waals surface area contributed by atoms with Crippen LogP contribution in [0.15, 0.2) is 18.2 Å². The molecular weight excluding hydrogens is 283 g/mol. The van der Waals surface area contributed by atoms with E-state index >= 15 is 0 Å². The number of hydrogen-bond acceptors (Lipinski definition) is 5. The van der Waals surface area contributed by atoms with Gasteiger partial charge in [0.2, 0.25) is 10.0 Å². The third kappa shape index (κ3) is 4.59. The monoisotopic (exact) mass is 296 g/mol. The number of halogens is 1. The fourth-order valence-corrected chi connectivity index (χ4v) is 4.26. The smallest absolute Gasteiger partial charge is 0.247 e. The summed E-state index contributed by atoms with van der Waals surface area (Å²) in [7, 11) is -7.71. The average molecular weight is 296 g/mol. The molecular formula is C9H13FN2O4S2. The highest BCUT2D eigenvalue weighted by Crippen LogP contribution is 2.16. The summed E-state index contributed by atoms with van der Waals surface area (Å²) in [6, 6.07) is 3.46. The lowest BCUT2D eigenvalue weighted by atomic mass is 10.2. The molecule has 102 valence electrons. The molecule has 18 heavy (non-hydrogen) atoms. The maximum absolute atomic E-state index is 13.1. The molecule has 0 heterocycles. The molecule has 0 aliphatic rings. The van der Waals surface area contributed by atoms with Crippen LogP contribution in [0.3, 0.4) is 0 Å². The van der Waals surface area contributed by atoms with Crippen LogP contribution < -0.4 is 10.5 Å². The first kappa shape index (κ1) is 14.9. The van der Waals surface area contributed by atoms with Crippen molar-refractivity contribution in [2.45, 2.75) is 6.54 Å². The summed E-state index contributed by atoms with van der Waals surface area (Å²) in [5.74, 6) is -0.552. The van der Waals surface area contributed by atoms with Crippen molar-refractivity contribution in [2.24, 2.45) is 5.73 Å². The molecule has 0 aliphatic heterocycles. The molecule has 1 rings (SSSR count). The van der Waals surface area contributed by atoms with E-state index < -0.39 is 30.8 Å². The maximum atomic E-state index is 13.1. The van der Waals surface area contributed by atoms with Crippen LogP contribution in [0.1, 0.15) is 5.56 Å². The van der Waals surface area contributed by atoms with Crippen molar-refractivity contribution in [1.82, 2.24) is 0 Å². The van der Waals surface area contributed by atoms with Gasteiger partial charge in [0.1, 0.15) is 5.82 Å². The van der Waals surface area contributed by atoms with Crippen LogP contribution in [0.5, 0.6) is 0 Å². The van der Waals surface area contributed by atoms with E-state index in [1.54, 1.807) is 0 Å². The van der Waals surface area contributed by atoms with E-state index in [0.29, 0.717) is 0 Å². The molecule has 0 saturated carbocycles. The molecule has 3 N–H and O–H groups in total. The Morgan fingerprint density at radius 3 is 2.39 bits per heavy atom. The number of nitrogens with two attached hydrogens (primary N) is 1. The summed E-state index contributed by atoms with van der Waals surface area (Å²) in [5, 5.41) is -1.03. The van der Waals surface area contributed by atoms with E-state index in [2.05, 4.69) is 0 Å². The minimum Gasteiger partial charge on any atom is -0.326 e. The Kier molecular flexibility index (Phi) is 4.30. The number of sulfone groups is 1. The van der Waals surface area contributed by atoms with E-state index in [1.165, 1.54) is 12.1 Å². The number of rotatable bonds is 5. The van der Waals surface area contributed by atoms with Gasteiger partial charge in [-0.05, 0) is 18.2 Å². The number of nitrogens with one attached hydrogen (secondary N) is 1. The maximum Gasteiger partial charge on any atom is 0.247 e. The average Bonchev–Trinajstić information content (AvgIpc) is 2.16. The Bertz CT molecular complexity index is 641. The first-order valence-electron chi connectivity index (χ1n) is 4.80. The van der Waals surface area contributed by atoms with Gasteiger partial charge in [-0.3, -0.25) is 4.72 Å². The zero-order valence-corrected chi connectivity index (χ0v) is 11.2. The van der Waals surface area contributed by atoms with Gasteiger partial charge in [0.25, 0.3) is 0 Å². The molecule has 0 aliphatic carbocycles. The van der Waals surface area contributed by atoms with Crippen molar-refractivity contribution < 1.29 is 21.2 Å². The third-order valence-corrected chi connectivity index (χ3v) is 5.41. The van der Waals surface area contributed by atoms with Crippen molar-refractivity contribution in [1.29, 1.82) is 0 Å². The molecule has 9 heteroatoms. The molecule has 0 radical (unpaired) electrons. The van der Waals surface area contributed by atoms with Gasteiger partial charge in [-0.1, -0.05) is 0 Å². The fraction of sp³-hybridized carbons (Fsp3) is 0.333. The summed E-state index contributed by atoms with van der Waals surface area (Å²) >= 11 is 0. The van der Waals surface area contributed by atoms with Crippen LogP contribution in [0.4, 0.5) is 10.1 Å².